The van der Waals surface area contributed by atoms with Gasteiger partial charge in [0, 0.05) is 0 Å². The maximum atomic E-state index is 11.1. The Hall–Kier alpha value is -0.573. The summed E-state index contributed by atoms with van der Waals surface area (Å²) in [4.78, 5) is 11.1. The molecule has 68 valence electrons. The SMILES string of the molecule is C=CC1CC1(C(=O)O)[Si](C)(C)C. The van der Waals surface area contributed by atoms with Crippen molar-refractivity contribution in [2.45, 2.75) is 31.1 Å². The van der Waals surface area contributed by atoms with Gasteiger partial charge in [0.25, 0.3) is 0 Å². The summed E-state index contributed by atoms with van der Waals surface area (Å²) in [5.74, 6) is -0.395. The van der Waals surface area contributed by atoms with E-state index < -0.39 is 19.1 Å². The van der Waals surface area contributed by atoms with Crippen LogP contribution in [0.25, 0.3) is 0 Å². The largest absolute Gasteiger partial charge is 0.481 e. The quantitative estimate of drug-likeness (QED) is 0.540. The van der Waals surface area contributed by atoms with Gasteiger partial charge >= 0.3 is 5.97 Å². The van der Waals surface area contributed by atoms with E-state index in [1.54, 1.807) is 6.08 Å². The number of carbonyl (C=O) groups is 1. The molecule has 1 rings (SSSR count). The van der Waals surface area contributed by atoms with Gasteiger partial charge in [-0.25, -0.2) is 0 Å². The van der Waals surface area contributed by atoms with Gasteiger partial charge in [-0.05, 0) is 12.3 Å². The third-order valence-corrected chi connectivity index (χ3v) is 6.48. The predicted octanol–water partition coefficient (Wildman–Crippen LogP) is 2.36. The first kappa shape index (κ1) is 9.51. The highest BCUT2D eigenvalue weighted by molar-refractivity contribution is 6.83. The number of hydrogen-bond acceptors (Lipinski definition) is 1. The van der Waals surface area contributed by atoms with Crippen LogP contribution in [0.4, 0.5) is 0 Å². The molecule has 0 aromatic rings. The Bertz CT molecular complexity index is 229. The molecule has 1 aliphatic carbocycles. The van der Waals surface area contributed by atoms with Crippen LogP contribution in [0.3, 0.4) is 0 Å². The van der Waals surface area contributed by atoms with Crippen molar-refractivity contribution in [3.05, 3.63) is 12.7 Å². The average molecular weight is 184 g/mol. The number of aliphatic carboxylic acids is 1. The molecular weight excluding hydrogens is 168 g/mol. The Kier molecular flexibility index (Phi) is 1.95. The maximum absolute atomic E-state index is 11.1. The van der Waals surface area contributed by atoms with Gasteiger partial charge in [-0.1, -0.05) is 25.7 Å². The molecule has 0 radical (unpaired) electrons. The van der Waals surface area contributed by atoms with Gasteiger partial charge in [-0.2, -0.15) is 0 Å². The second-order valence-corrected chi connectivity index (χ2v) is 9.97. The fourth-order valence-electron chi connectivity index (χ4n) is 2.00. The van der Waals surface area contributed by atoms with Crippen LogP contribution in [0.2, 0.25) is 24.7 Å². The van der Waals surface area contributed by atoms with Crippen LogP contribution in [-0.2, 0) is 4.79 Å². The fraction of sp³-hybridized carbons (Fsp3) is 0.667. The number of hydrogen-bond donors (Lipinski definition) is 1. The molecule has 1 aliphatic rings. The van der Waals surface area contributed by atoms with Crippen LogP contribution in [0.15, 0.2) is 12.7 Å². The summed E-state index contributed by atoms with van der Waals surface area (Å²) in [6, 6.07) is 0. The van der Waals surface area contributed by atoms with Crippen molar-refractivity contribution in [1.82, 2.24) is 0 Å². The molecule has 0 aromatic carbocycles. The van der Waals surface area contributed by atoms with E-state index >= 15 is 0 Å². The lowest BCUT2D eigenvalue weighted by atomic mass is 10.3. The first-order valence-corrected chi connectivity index (χ1v) is 7.72. The molecule has 0 heterocycles. The van der Waals surface area contributed by atoms with Crippen molar-refractivity contribution >= 4 is 14.0 Å². The van der Waals surface area contributed by atoms with Crippen LogP contribution in [0.1, 0.15) is 6.42 Å². The zero-order valence-corrected chi connectivity index (χ0v) is 8.92. The first-order chi connectivity index (χ1) is 5.36. The van der Waals surface area contributed by atoms with E-state index in [1.807, 2.05) is 0 Å². The van der Waals surface area contributed by atoms with Crippen LogP contribution >= 0.6 is 0 Å². The van der Waals surface area contributed by atoms with Gasteiger partial charge in [0.2, 0.25) is 0 Å². The van der Waals surface area contributed by atoms with Crippen LogP contribution in [0.5, 0.6) is 0 Å². The molecule has 2 atom stereocenters. The standard InChI is InChI=1S/C9H16O2Si/c1-5-7-6-9(7,8(10)11)12(2,3)4/h5,7H,1,6H2,2-4H3,(H,10,11). The number of rotatable bonds is 3. The van der Waals surface area contributed by atoms with Crippen LogP contribution in [0, 0.1) is 5.92 Å². The summed E-state index contributed by atoms with van der Waals surface area (Å²) >= 11 is 0. The van der Waals surface area contributed by atoms with Gasteiger partial charge in [-0.15, -0.1) is 6.58 Å². The van der Waals surface area contributed by atoms with E-state index in [0.29, 0.717) is 0 Å². The molecule has 0 bridgehead atoms. The highest BCUT2D eigenvalue weighted by atomic mass is 28.3. The van der Waals surface area contributed by atoms with Crippen LogP contribution < -0.4 is 0 Å². The summed E-state index contributed by atoms with van der Waals surface area (Å²) in [5, 5.41) is 8.72. The second kappa shape index (κ2) is 2.46. The molecule has 3 heteroatoms. The van der Waals surface area contributed by atoms with Gasteiger partial charge in [0.05, 0.1) is 13.1 Å². The Morgan fingerprint density at radius 3 is 2.25 bits per heavy atom. The Morgan fingerprint density at radius 2 is 2.17 bits per heavy atom. The Morgan fingerprint density at radius 1 is 1.67 bits per heavy atom. The minimum Gasteiger partial charge on any atom is -0.481 e. The van der Waals surface area contributed by atoms with Crippen molar-refractivity contribution in [1.29, 1.82) is 0 Å². The van der Waals surface area contributed by atoms with Crippen molar-refractivity contribution in [3.63, 3.8) is 0 Å². The lowest BCUT2D eigenvalue weighted by Gasteiger charge is -2.25. The summed E-state index contributed by atoms with van der Waals surface area (Å²) in [5.41, 5.74) is 0. The normalized spacial score (nSPS) is 34.4. The number of carboxylic acids is 1. The van der Waals surface area contributed by atoms with Gasteiger partial charge in [-0.3, -0.25) is 4.79 Å². The van der Waals surface area contributed by atoms with E-state index in [4.69, 9.17) is 5.11 Å². The van der Waals surface area contributed by atoms with Crippen LogP contribution in [-0.4, -0.2) is 19.1 Å². The molecule has 12 heavy (non-hydrogen) atoms. The number of carboxylic acid groups (broad SMARTS) is 1. The van der Waals surface area contributed by atoms with Crippen molar-refractivity contribution < 1.29 is 9.90 Å². The van der Waals surface area contributed by atoms with Crippen molar-refractivity contribution in [3.8, 4) is 0 Å². The molecule has 1 fully saturated rings. The summed E-state index contributed by atoms with van der Waals surface area (Å²) in [7, 11) is -1.59. The first-order valence-electron chi connectivity index (χ1n) is 4.22. The van der Waals surface area contributed by atoms with Crippen molar-refractivity contribution in [2.75, 3.05) is 0 Å². The Balaban J connectivity index is 2.94. The van der Waals surface area contributed by atoms with E-state index in [1.165, 1.54) is 0 Å². The lowest BCUT2D eigenvalue weighted by Crippen LogP contribution is -2.36. The molecule has 1 saturated carbocycles. The minimum atomic E-state index is -1.59. The van der Waals surface area contributed by atoms with E-state index in [0.717, 1.165) is 6.42 Å². The topological polar surface area (TPSA) is 37.3 Å². The van der Waals surface area contributed by atoms with Gasteiger partial charge < -0.3 is 5.11 Å². The van der Waals surface area contributed by atoms with E-state index in [2.05, 4.69) is 26.2 Å². The molecular formula is C9H16O2Si. The molecule has 0 saturated heterocycles. The predicted molar refractivity (Wildman–Crippen MR) is 52.0 cm³/mol. The highest BCUT2D eigenvalue weighted by Crippen LogP contribution is 2.66. The van der Waals surface area contributed by atoms with Gasteiger partial charge in [0.1, 0.15) is 0 Å². The molecule has 1 N–H and O–H groups in total. The summed E-state index contributed by atoms with van der Waals surface area (Å²) in [6.45, 7) is 10.0. The highest BCUT2D eigenvalue weighted by Gasteiger charge is 2.65. The zero-order valence-electron chi connectivity index (χ0n) is 7.92. The molecule has 2 unspecified atom stereocenters. The maximum Gasteiger partial charge on any atom is 0.307 e. The second-order valence-electron chi connectivity index (χ2n) is 4.57. The zero-order chi connectivity index (χ0) is 9.57. The third kappa shape index (κ3) is 1.04. The smallest absolute Gasteiger partial charge is 0.307 e. The van der Waals surface area contributed by atoms with Gasteiger partial charge in [0.15, 0.2) is 0 Å². The third-order valence-electron chi connectivity index (χ3n) is 3.02. The molecule has 0 amide bonds. The minimum absolute atomic E-state index is 0.224. The summed E-state index contributed by atoms with van der Waals surface area (Å²) < 4.78 is 0. The van der Waals surface area contributed by atoms with E-state index in [9.17, 15) is 4.79 Å². The average Bonchev–Trinajstić information content (AvgIpc) is 2.59. The Labute approximate surface area is 74.3 Å². The fourth-order valence-corrected chi connectivity index (χ4v) is 4.71. The lowest BCUT2D eigenvalue weighted by molar-refractivity contribution is -0.138. The molecule has 0 spiro atoms. The summed E-state index contributed by atoms with van der Waals surface area (Å²) in [6.07, 6.45) is 2.61. The molecule has 0 aromatic heterocycles. The molecule has 0 aliphatic heterocycles. The van der Waals surface area contributed by atoms with Crippen molar-refractivity contribution in [2.24, 2.45) is 5.92 Å². The monoisotopic (exact) mass is 184 g/mol. The number of allylic oxidation sites excluding steroid dienone is 1. The molecule has 2 nitrogen and oxygen atoms in total. The van der Waals surface area contributed by atoms with E-state index in [-0.39, 0.29) is 5.92 Å².